The quantitative estimate of drug-likeness (QED) is 0.791. The van der Waals surface area contributed by atoms with E-state index in [-0.39, 0.29) is 0 Å². The highest BCUT2D eigenvalue weighted by Crippen LogP contribution is 2.11. The molecule has 1 aromatic rings. The molecule has 1 aromatic heterocycles. The summed E-state index contributed by atoms with van der Waals surface area (Å²) in [6.45, 7) is 8.02. The van der Waals surface area contributed by atoms with Crippen LogP contribution >= 0.6 is 0 Å². The van der Waals surface area contributed by atoms with Gasteiger partial charge in [-0.15, -0.1) is 0 Å². The second kappa shape index (κ2) is 5.98. The lowest BCUT2D eigenvalue weighted by Gasteiger charge is -2.25. The van der Waals surface area contributed by atoms with Crippen molar-refractivity contribution in [1.82, 2.24) is 9.88 Å². The van der Waals surface area contributed by atoms with Gasteiger partial charge in [-0.1, -0.05) is 0 Å². The molecule has 0 atom stereocenters. The minimum absolute atomic E-state index is 0.645. The van der Waals surface area contributed by atoms with Gasteiger partial charge in [0.05, 0.1) is 5.60 Å². The topological polar surface area (TPSA) is 48.4 Å². The van der Waals surface area contributed by atoms with Crippen LogP contribution in [0.1, 0.15) is 26.3 Å². The van der Waals surface area contributed by atoms with Crippen molar-refractivity contribution < 1.29 is 5.11 Å². The summed E-state index contributed by atoms with van der Waals surface area (Å²) in [7, 11) is 2.01. The van der Waals surface area contributed by atoms with E-state index in [9.17, 15) is 5.11 Å². The van der Waals surface area contributed by atoms with Gasteiger partial charge in [0.1, 0.15) is 5.82 Å². The Morgan fingerprint density at radius 1 is 1.47 bits per heavy atom. The second-order valence-corrected chi connectivity index (χ2v) is 5.06. The standard InChI is InChI=1S/C13H23N3O/c1-5-14-12-8-11(6-7-15-12)9-16(4)10-13(2,3)17/h6-8,17H,5,9-10H2,1-4H3,(H,14,15). The number of pyridine rings is 1. The molecule has 0 aromatic carbocycles. The molecule has 0 spiro atoms. The van der Waals surface area contributed by atoms with Crippen LogP contribution < -0.4 is 5.32 Å². The Labute approximate surface area is 104 Å². The fourth-order valence-corrected chi connectivity index (χ4v) is 1.88. The summed E-state index contributed by atoms with van der Waals surface area (Å²) in [5.41, 5.74) is 0.537. The van der Waals surface area contributed by atoms with Crippen LogP contribution in [0.25, 0.3) is 0 Å². The van der Waals surface area contributed by atoms with Gasteiger partial charge in [0.2, 0.25) is 0 Å². The van der Waals surface area contributed by atoms with Gasteiger partial charge in [-0.25, -0.2) is 4.98 Å². The molecule has 0 aliphatic heterocycles. The smallest absolute Gasteiger partial charge is 0.126 e. The first-order chi connectivity index (χ1) is 7.90. The molecule has 4 heteroatoms. The summed E-state index contributed by atoms with van der Waals surface area (Å²) in [5.74, 6) is 0.904. The molecule has 0 radical (unpaired) electrons. The van der Waals surface area contributed by atoms with Crippen molar-refractivity contribution in [2.45, 2.75) is 32.9 Å². The van der Waals surface area contributed by atoms with E-state index in [0.29, 0.717) is 6.54 Å². The molecular formula is C13H23N3O. The number of hydrogen-bond donors (Lipinski definition) is 2. The van der Waals surface area contributed by atoms with Crippen LogP contribution in [0.2, 0.25) is 0 Å². The van der Waals surface area contributed by atoms with Gasteiger partial charge < -0.3 is 10.4 Å². The molecule has 0 aliphatic rings. The Hall–Kier alpha value is -1.13. The summed E-state index contributed by atoms with van der Waals surface area (Å²) < 4.78 is 0. The normalized spacial score (nSPS) is 11.9. The highest BCUT2D eigenvalue weighted by atomic mass is 16.3. The van der Waals surface area contributed by atoms with Gasteiger partial charge in [-0.2, -0.15) is 0 Å². The SMILES string of the molecule is CCNc1cc(CN(C)CC(C)(C)O)ccn1. The maximum absolute atomic E-state index is 9.74. The molecule has 1 heterocycles. The highest BCUT2D eigenvalue weighted by Gasteiger charge is 2.15. The molecule has 1 rings (SSSR count). The van der Waals surface area contributed by atoms with Crippen molar-refractivity contribution in [3.8, 4) is 0 Å². The third kappa shape index (κ3) is 5.65. The molecule has 0 bridgehead atoms. The third-order valence-corrected chi connectivity index (χ3v) is 2.29. The van der Waals surface area contributed by atoms with Gasteiger partial charge in [0.25, 0.3) is 0 Å². The van der Waals surface area contributed by atoms with Crippen LogP contribution in [0.4, 0.5) is 5.82 Å². The largest absolute Gasteiger partial charge is 0.389 e. The molecule has 0 saturated heterocycles. The van der Waals surface area contributed by atoms with Gasteiger partial charge >= 0.3 is 0 Å². The molecule has 0 aliphatic carbocycles. The van der Waals surface area contributed by atoms with E-state index in [4.69, 9.17) is 0 Å². The molecule has 0 fully saturated rings. The summed E-state index contributed by atoms with van der Waals surface area (Å²) in [6, 6.07) is 4.05. The minimum atomic E-state index is -0.660. The van der Waals surface area contributed by atoms with Crippen LogP contribution in [0.5, 0.6) is 0 Å². The number of anilines is 1. The summed E-state index contributed by atoms with van der Waals surface area (Å²) in [4.78, 5) is 6.33. The molecule has 4 nitrogen and oxygen atoms in total. The van der Waals surface area contributed by atoms with Crippen molar-refractivity contribution in [3.05, 3.63) is 23.9 Å². The molecule has 0 saturated carbocycles. The predicted octanol–water partition coefficient (Wildman–Crippen LogP) is 1.72. The molecule has 17 heavy (non-hydrogen) atoms. The number of aromatic nitrogens is 1. The van der Waals surface area contributed by atoms with E-state index in [1.165, 1.54) is 5.56 Å². The fourth-order valence-electron chi connectivity index (χ4n) is 1.88. The first kappa shape index (κ1) is 13.9. The maximum Gasteiger partial charge on any atom is 0.126 e. The van der Waals surface area contributed by atoms with Crippen LogP contribution in [0, 0.1) is 0 Å². The maximum atomic E-state index is 9.74. The number of likely N-dealkylation sites (N-methyl/N-ethyl adjacent to an activating group) is 1. The average molecular weight is 237 g/mol. The number of nitrogens with zero attached hydrogens (tertiary/aromatic N) is 2. The first-order valence-corrected chi connectivity index (χ1v) is 6.00. The van der Waals surface area contributed by atoms with Gasteiger partial charge in [0, 0.05) is 25.8 Å². The Morgan fingerprint density at radius 2 is 2.18 bits per heavy atom. The van der Waals surface area contributed by atoms with Gasteiger partial charge in [-0.3, -0.25) is 4.90 Å². The molecule has 96 valence electrons. The van der Waals surface area contributed by atoms with Crippen LogP contribution in [-0.4, -0.2) is 40.7 Å². The van der Waals surface area contributed by atoms with Crippen molar-refractivity contribution in [2.24, 2.45) is 0 Å². The van der Waals surface area contributed by atoms with E-state index < -0.39 is 5.60 Å². The lowest BCUT2D eigenvalue weighted by Crippen LogP contribution is -2.35. The van der Waals surface area contributed by atoms with E-state index >= 15 is 0 Å². The minimum Gasteiger partial charge on any atom is -0.389 e. The average Bonchev–Trinajstić information content (AvgIpc) is 2.15. The molecule has 0 unspecified atom stereocenters. The predicted molar refractivity (Wildman–Crippen MR) is 71.0 cm³/mol. The highest BCUT2D eigenvalue weighted by molar-refractivity contribution is 5.37. The summed E-state index contributed by atoms with van der Waals surface area (Å²) >= 11 is 0. The van der Waals surface area contributed by atoms with Crippen LogP contribution in [0.3, 0.4) is 0 Å². The Balaban J connectivity index is 2.58. The van der Waals surface area contributed by atoms with E-state index in [2.05, 4.69) is 22.1 Å². The van der Waals surface area contributed by atoms with Crippen molar-refractivity contribution >= 4 is 5.82 Å². The van der Waals surface area contributed by atoms with Crippen molar-refractivity contribution in [1.29, 1.82) is 0 Å². The Kier molecular flexibility index (Phi) is 4.90. The first-order valence-electron chi connectivity index (χ1n) is 6.00. The monoisotopic (exact) mass is 237 g/mol. The lowest BCUT2D eigenvalue weighted by molar-refractivity contribution is 0.0425. The number of aliphatic hydroxyl groups is 1. The molecular weight excluding hydrogens is 214 g/mol. The third-order valence-electron chi connectivity index (χ3n) is 2.29. The van der Waals surface area contributed by atoms with E-state index in [0.717, 1.165) is 18.9 Å². The zero-order valence-electron chi connectivity index (χ0n) is 11.2. The van der Waals surface area contributed by atoms with Gasteiger partial charge in [0.15, 0.2) is 0 Å². The zero-order valence-corrected chi connectivity index (χ0v) is 11.2. The van der Waals surface area contributed by atoms with Gasteiger partial charge in [-0.05, 0) is 45.5 Å². The molecule has 2 N–H and O–H groups in total. The van der Waals surface area contributed by atoms with E-state index in [1.807, 2.05) is 39.2 Å². The molecule has 0 amide bonds. The summed E-state index contributed by atoms with van der Waals surface area (Å²) in [5, 5.41) is 12.9. The fraction of sp³-hybridized carbons (Fsp3) is 0.615. The lowest BCUT2D eigenvalue weighted by atomic mass is 10.1. The Bertz CT molecular complexity index is 347. The number of nitrogens with one attached hydrogen (secondary N) is 1. The Morgan fingerprint density at radius 3 is 2.76 bits per heavy atom. The van der Waals surface area contributed by atoms with E-state index in [1.54, 1.807) is 0 Å². The van der Waals surface area contributed by atoms with Crippen LogP contribution in [0.15, 0.2) is 18.3 Å². The van der Waals surface area contributed by atoms with Crippen LogP contribution in [-0.2, 0) is 6.54 Å². The zero-order chi connectivity index (χ0) is 12.9. The number of rotatable bonds is 6. The number of hydrogen-bond acceptors (Lipinski definition) is 4. The van der Waals surface area contributed by atoms with Crippen molar-refractivity contribution in [3.63, 3.8) is 0 Å². The van der Waals surface area contributed by atoms with Crippen molar-refractivity contribution in [2.75, 3.05) is 25.5 Å². The summed E-state index contributed by atoms with van der Waals surface area (Å²) in [6.07, 6.45) is 1.81. The second-order valence-electron chi connectivity index (χ2n) is 5.06.